The Morgan fingerprint density at radius 3 is 2.38 bits per heavy atom. The van der Waals surface area contributed by atoms with Crippen LogP contribution < -0.4 is 25.8 Å². The number of likely N-dealkylation sites (N-methyl/N-ethyl adjacent to an activating group) is 1. The number of piperazine rings is 1. The van der Waals surface area contributed by atoms with Gasteiger partial charge in [-0.25, -0.2) is 15.0 Å². The summed E-state index contributed by atoms with van der Waals surface area (Å²) in [6.07, 6.45) is -3.17. The molecular weight excluding hydrogens is 671 g/mol. The van der Waals surface area contributed by atoms with Crippen molar-refractivity contribution in [1.82, 2.24) is 19.9 Å². The molecule has 2 aromatic carbocycles. The molecule has 6 rings (SSSR count). The molecule has 3 N–H and O–H groups in total. The molecular formula is C34H38F3N9O3S. The van der Waals surface area contributed by atoms with E-state index < -0.39 is 23.6 Å². The molecule has 4 aromatic rings. The van der Waals surface area contributed by atoms with Gasteiger partial charge >= 0.3 is 6.18 Å². The molecule has 2 saturated heterocycles. The lowest BCUT2D eigenvalue weighted by Crippen LogP contribution is -2.46. The third-order valence-corrected chi connectivity index (χ3v) is 9.47. The highest BCUT2D eigenvalue weighted by Gasteiger charge is 2.33. The Bertz CT molecular complexity index is 1860. The predicted octanol–water partition coefficient (Wildman–Crippen LogP) is 5.80. The number of aryl methyl sites for hydroxylation is 2. The highest BCUT2D eigenvalue weighted by molar-refractivity contribution is 7.17. The van der Waals surface area contributed by atoms with Gasteiger partial charge < -0.3 is 35.4 Å². The second-order valence-corrected chi connectivity index (χ2v) is 13.1. The van der Waals surface area contributed by atoms with E-state index in [1.165, 1.54) is 12.3 Å². The lowest BCUT2D eigenvalue weighted by atomic mass is 10.1. The molecule has 4 heterocycles. The van der Waals surface area contributed by atoms with Crippen LogP contribution >= 0.6 is 11.3 Å². The molecule has 2 amide bonds. The number of carbonyl (C=O) groups excluding carboxylic acids is 2. The largest absolute Gasteiger partial charge is 0.416 e. The first-order valence-corrected chi connectivity index (χ1v) is 17.1. The van der Waals surface area contributed by atoms with Gasteiger partial charge in [-0.15, -0.1) is 0 Å². The van der Waals surface area contributed by atoms with E-state index in [0.29, 0.717) is 65.0 Å². The summed E-state index contributed by atoms with van der Waals surface area (Å²) >= 11 is 1.14. The van der Waals surface area contributed by atoms with Crippen molar-refractivity contribution in [2.75, 3.05) is 84.8 Å². The zero-order valence-electron chi connectivity index (χ0n) is 27.9. The van der Waals surface area contributed by atoms with Gasteiger partial charge in [0.05, 0.1) is 25.0 Å². The van der Waals surface area contributed by atoms with Crippen molar-refractivity contribution in [3.05, 3.63) is 76.1 Å². The molecule has 2 aliphatic heterocycles. The van der Waals surface area contributed by atoms with E-state index in [1.807, 2.05) is 17.9 Å². The summed E-state index contributed by atoms with van der Waals surface area (Å²) in [4.78, 5) is 46.4. The summed E-state index contributed by atoms with van der Waals surface area (Å²) in [5.74, 6) is 0.805. The summed E-state index contributed by atoms with van der Waals surface area (Å²) in [6.45, 7) is 11.8. The Morgan fingerprint density at radius 2 is 1.66 bits per heavy atom. The Hall–Kier alpha value is -4.80. The van der Waals surface area contributed by atoms with Gasteiger partial charge in [-0.05, 0) is 56.3 Å². The fourth-order valence-corrected chi connectivity index (χ4v) is 6.47. The fraction of sp³-hybridized carbons (Fsp3) is 0.382. The number of nitrogens with one attached hydrogen (secondary N) is 3. The number of morpholine rings is 1. The number of rotatable bonds is 9. The van der Waals surface area contributed by atoms with Crippen molar-refractivity contribution in [3.8, 4) is 0 Å². The van der Waals surface area contributed by atoms with E-state index in [4.69, 9.17) is 4.74 Å². The van der Waals surface area contributed by atoms with Crippen LogP contribution in [0.4, 0.5) is 47.0 Å². The smallest absolute Gasteiger partial charge is 0.378 e. The number of amides is 2. The normalized spacial score (nSPS) is 15.6. The Balaban J connectivity index is 1.13. The van der Waals surface area contributed by atoms with Gasteiger partial charge in [0.1, 0.15) is 22.3 Å². The van der Waals surface area contributed by atoms with Gasteiger partial charge in [0.25, 0.3) is 11.8 Å². The average Bonchev–Trinajstić information content (AvgIpc) is 3.58. The summed E-state index contributed by atoms with van der Waals surface area (Å²) in [5.41, 5.74) is 0.812. The standard InChI is InChI=1S/C34H38F3N9O3S/c1-4-44-7-9-45(10-8-44)26-16-23(15-24(17-26)34(35,36)37)31(47)41-25-6-5-21(2)27(18-25)42-32(48)28-20-38-33(50-28)43-29-19-30(40-22(3)39-29)46-11-13-49-14-12-46/h5-6,15-20H,4,7-14H2,1-3H3,(H,41,47)(H,42,48)(H,38,39,40,43). The van der Waals surface area contributed by atoms with E-state index in [0.717, 1.165) is 67.6 Å². The van der Waals surface area contributed by atoms with Gasteiger partial charge in [0, 0.05) is 68.0 Å². The van der Waals surface area contributed by atoms with Crippen molar-refractivity contribution in [1.29, 1.82) is 0 Å². The molecule has 0 saturated carbocycles. The molecule has 0 aliphatic carbocycles. The highest BCUT2D eigenvalue weighted by atomic mass is 32.1. The molecule has 12 nitrogen and oxygen atoms in total. The zero-order chi connectivity index (χ0) is 35.4. The highest BCUT2D eigenvalue weighted by Crippen LogP contribution is 2.34. The first-order valence-electron chi connectivity index (χ1n) is 16.3. The number of thiazole rings is 1. The molecule has 0 atom stereocenters. The number of hydrogen-bond donors (Lipinski definition) is 3. The van der Waals surface area contributed by atoms with Crippen LogP contribution in [0.2, 0.25) is 0 Å². The summed E-state index contributed by atoms with van der Waals surface area (Å²) in [6, 6.07) is 10.2. The predicted molar refractivity (Wildman–Crippen MR) is 188 cm³/mol. The van der Waals surface area contributed by atoms with Crippen molar-refractivity contribution in [2.45, 2.75) is 26.9 Å². The van der Waals surface area contributed by atoms with Gasteiger partial charge in [-0.1, -0.05) is 24.3 Å². The number of halogens is 3. The minimum Gasteiger partial charge on any atom is -0.378 e. The summed E-state index contributed by atoms with van der Waals surface area (Å²) < 4.78 is 47.1. The van der Waals surface area contributed by atoms with Gasteiger partial charge in [-0.2, -0.15) is 13.2 Å². The molecule has 2 aliphatic rings. The number of benzene rings is 2. The average molecular weight is 710 g/mol. The first-order chi connectivity index (χ1) is 23.9. The monoisotopic (exact) mass is 709 g/mol. The molecule has 0 spiro atoms. The van der Waals surface area contributed by atoms with Gasteiger partial charge in [-0.3, -0.25) is 9.59 Å². The number of anilines is 6. The maximum absolute atomic E-state index is 13.9. The van der Waals surface area contributed by atoms with Gasteiger partial charge in [0.2, 0.25) is 0 Å². The maximum Gasteiger partial charge on any atom is 0.416 e. The number of aromatic nitrogens is 3. The second-order valence-electron chi connectivity index (χ2n) is 12.0. The summed E-state index contributed by atoms with van der Waals surface area (Å²) in [5, 5.41) is 9.18. The van der Waals surface area contributed by atoms with Crippen LogP contribution in [0.1, 0.15) is 43.9 Å². The van der Waals surface area contributed by atoms with Crippen molar-refractivity contribution < 1.29 is 27.5 Å². The molecule has 0 radical (unpaired) electrons. The Morgan fingerprint density at radius 1 is 0.900 bits per heavy atom. The van der Waals surface area contributed by atoms with E-state index in [2.05, 4.69) is 40.7 Å². The first kappa shape index (κ1) is 35.0. The SMILES string of the molecule is CCN1CCN(c2cc(C(=O)Nc3ccc(C)c(NC(=O)c4cnc(Nc5cc(N6CCOCC6)nc(C)n5)s4)c3)cc(C(F)(F)F)c2)CC1. The summed E-state index contributed by atoms with van der Waals surface area (Å²) in [7, 11) is 0. The lowest BCUT2D eigenvalue weighted by molar-refractivity contribution is -0.137. The van der Waals surface area contributed by atoms with Crippen LogP contribution in [0.3, 0.4) is 0 Å². The number of carbonyl (C=O) groups is 2. The Labute approximate surface area is 291 Å². The van der Waals surface area contributed by atoms with E-state index in [9.17, 15) is 22.8 Å². The van der Waals surface area contributed by atoms with Crippen LogP contribution in [-0.2, 0) is 10.9 Å². The molecule has 50 heavy (non-hydrogen) atoms. The van der Waals surface area contributed by atoms with Crippen LogP contribution in [0.15, 0.2) is 48.7 Å². The minimum absolute atomic E-state index is 0.112. The van der Waals surface area contributed by atoms with Crippen LogP contribution in [-0.4, -0.2) is 90.7 Å². The topological polar surface area (TPSA) is 128 Å². The molecule has 0 bridgehead atoms. The maximum atomic E-state index is 13.9. The second kappa shape index (κ2) is 15.0. The lowest BCUT2D eigenvalue weighted by Gasteiger charge is -2.36. The van der Waals surface area contributed by atoms with E-state index in [1.54, 1.807) is 32.0 Å². The quantitative estimate of drug-likeness (QED) is 0.196. The van der Waals surface area contributed by atoms with Crippen molar-refractivity contribution in [3.63, 3.8) is 0 Å². The van der Waals surface area contributed by atoms with Gasteiger partial charge in [0.15, 0.2) is 5.13 Å². The third kappa shape index (κ3) is 8.49. The van der Waals surface area contributed by atoms with Crippen LogP contribution in [0.5, 0.6) is 0 Å². The number of hydrogen-bond acceptors (Lipinski definition) is 11. The van der Waals surface area contributed by atoms with E-state index >= 15 is 0 Å². The van der Waals surface area contributed by atoms with Crippen molar-refractivity contribution in [2.24, 2.45) is 0 Å². The third-order valence-electron chi connectivity index (χ3n) is 8.56. The number of alkyl halides is 3. The number of ether oxygens (including phenoxy) is 1. The molecule has 264 valence electrons. The fourth-order valence-electron chi connectivity index (χ4n) is 5.75. The zero-order valence-corrected chi connectivity index (χ0v) is 28.7. The minimum atomic E-state index is -4.62. The molecule has 2 fully saturated rings. The van der Waals surface area contributed by atoms with Crippen LogP contribution in [0.25, 0.3) is 0 Å². The number of nitrogens with zero attached hydrogens (tertiary/aromatic N) is 6. The molecule has 0 unspecified atom stereocenters. The Kier molecular flexibility index (Phi) is 10.5. The van der Waals surface area contributed by atoms with Crippen LogP contribution in [0, 0.1) is 13.8 Å². The molecule has 2 aromatic heterocycles. The van der Waals surface area contributed by atoms with E-state index in [-0.39, 0.29) is 5.56 Å². The molecule has 16 heteroatoms. The van der Waals surface area contributed by atoms with Crippen molar-refractivity contribution >= 4 is 57.0 Å².